The van der Waals surface area contributed by atoms with E-state index in [1.165, 1.54) is 51.5 Å². The minimum atomic E-state index is -0.826. The molecule has 4 nitrogen and oxygen atoms in total. The number of carbonyl (C=O) groups is 3. The van der Waals surface area contributed by atoms with Crippen LogP contribution >= 0.6 is 0 Å². The smallest absolute Gasteiger partial charge is 0.303 e. The van der Waals surface area contributed by atoms with Crippen molar-refractivity contribution in [2.24, 2.45) is 0 Å². The molecular formula is C18H30O4. The van der Waals surface area contributed by atoms with Gasteiger partial charge in [-0.1, -0.05) is 51.5 Å². The lowest BCUT2D eigenvalue weighted by atomic mass is 10.1. The Hall–Kier alpha value is -1.45. The van der Waals surface area contributed by atoms with Crippen LogP contribution in [0.3, 0.4) is 0 Å². The van der Waals surface area contributed by atoms with Gasteiger partial charge in [-0.3, -0.25) is 9.59 Å². The maximum absolute atomic E-state index is 11.9. The summed E-state index contributed by atoms with van der Waals surface area (Å²) < 4.78 is 4.95. The fourth-order valence-electron chi connectivity index (χ4n) is 2.21. The molecule has 0 aromatic heterocycles. The average molecular weight is 310 g/mol. The van der Waals surface area contributed by atoms with Crippen LogP contribution in [0.4, 0.5) is 0 Å². The van der Waals surface area contributed by atoms with Crippen molar-refractivity contribution in [3.8, 4) is 0 Å². The van der Waals surface area contributed by atoms with Crippen molar-refractivity contribution in [3.63, 3.8) is 0 Å². The molecule has 4 heteroatoms. The molecule has 0 aliphatic carbocycles. The van der Waals surface area contributed by atoms with Gasteiger partial charge in [0.05, 0.1) is 0 Å². The molecule has 0 spiro atoms. The lowest BCUT2D eigenvalue weighted by Crippen LogP contribution is -2.25. The average Bonchev–Trinajstić information content (AvgIpc) is 2.49. The number of esters is 1. The summed E-state index contributed by atoms with van der Waals surface area (Å²) in [5.41, 5.74) is 0. The molecule has 22 heavy (non-hydrogen) atoms. The van der Waals surface area contributed by atoms with Crippen molar-refractivity contribution in [2.75, 3.05) is 0 Å². The zero-order valence-corrected chi connectivity index (χ0v) is 14.0. The summed E-state index contributed by atoms with van der Waals surface area (Å²) >= 11 is 0. The first-order chi connectivity index (χ1) is 10.6. The van der Waals surface area contributed by atoms with Crippen LogP contribution in [0.2, 0.25) is 0 Å². The Morgan fingerprint density at radius 2 is 1.64 bits per heavy atom. The summed E-state index contributed by atoms with van der Waals surface area (Å²) in [6.45, 7) is 3.48. The third-order valence-electron chi connectivity index (χ3n) is 3.43. The molecule has 0 aromatic rings. The zero-order chi connectivity index (χ0) is 16.6. The molecule has 0 amide bonds. The SMILES string of the molecule is CCCCCCCCC/C=C\C(=O)[C@@H](CCC=O)OC(C)=O. The van der Waals surface area contributed by atoms with E-state index in [1.807, 2.05) is 6.08 Å². The van der Waals surface area contributed by atoms with E-state index in [0.29, 0.717) is 0 Å². The number of ketones is 1. The van der Waals surface area contributed by atoms with Gasteiger partial charge in [0.25, 0.3) is 0 Å². The van der Waals surface area contributed by atoms with Gasteiger partial charge < -0.3 is 9.53 Å². The van der Waals surface area contributed by atoms with Crippen LogP contribution in [0.1, 0.15) is 78.1 Å². The summed E-state index contributed by atoms with van der Waals surface area (Å²) in [5.74, 6) is -0.732. The molecule has 0 aliphatic rings. The van der Waals surface area contributed by atoms with Gasteiger partial charge in [0.15, 0.2) is 11.9 Å². The Kier molecular flexibility index (Phi) is 13.5. The van der Waals surface area contributed by atoms with Crippen molar-refractivity contribution >= 4 is 18.0 Å². The van der Waals surface area contributed by atoms with E-state index in [4.69, 9.17) is 4.74 Å². The van der Waals surface area contributed by atoms with Gasteiger partial charge in [-0.15, -0.1) is 0 Å². The summed E-state index contributed by atoms with van der Waals surface area (Å²) in [7, 11) is 0. The lowest BCUT2D eigenvalue weighted by Gasteiger charge is -2.12. The normalized spacial score (nSPS) is 12.3. The molecule has 0 rings (SSSR count). The number of aldehydes is 1. The number of hydrogen-bond donors (Lipinski definition) is 0. The minimum absolute atomic E-state index is 0.218. The van der Waals surface area contributed by atoms with E-state index in [-0.39, 0.29) is 18.6 Å². The van der Waals surface area contributed by atoms with Crippen molar-refractivity contribution in [3.05, 3.63) is 12.2 Å². The maximum atomic E-state index is 11.9. The summed E-state index contributed by atoms with van der Waals surface area (Å²) in [5, 5.41) is 0. The van der Waals surface area contributed by atoms with Crippen molar-refractivity contribution in [1.82, 2.24) is 0 Å². The molecule has 0 saturated heterocycles. The molecule has 0 N–H and O–H groups in total. The second-order valence-corrected chi connectivity index (χ2v) is 5.56. The molecule has 0 radical (unpaired) electrons. The Morgan fingerprint density at radius 1 is 1.00 bits per heavy atom. The van der Waals surface area contributed by atoms with Gasteiger partial charge in [0.1, 0.15) is 6.29 Å². The Bertz CT molecular complexity index is 347. The molecule has 0 heterocycles. The maximum Gasteiger partial charge on any atom is 0.303 e. The van der Waals surface area contributed by atoms with Crippen LogP contribution in [-0.4, -0.2) is 24.1 Å². The number of carbonyl (C=O) groups excluding carboxylic acids is 3. The van der Waals surface area contributed by atoms with E-state index in [0.717, 1.165) is 19.1 Å². The molecule has 0 bridgehead atoms. The van der Waals surface area contributed by atoms with Crippen LogP contribution in [0.5, 0.6) is 0 Å². The quantitative estimate of drug-likeness (QED) is 0.209. The van der Waals surface area contributed by atoms with E-state index in [2.05, 4.69) is 6.92 Å². The van der Waals surface area contributed by atoms with E-state index < -0.39 is 12.1 Å². The molecule has 0 aromatic carbocycles. The summed E-state index contributed by atoms with van der Waals surface area (Å²) in [4.78, 5) is 33.2. The predicted molar refractivity (Wildman–Crippen MR) is 87.6 cm³/mol. The molecule has 0 aliphatic heterocycles. The molecule has 0 unspecified atom stereocenters. The molecule has 0 fully saturated rings. The molecule has 1 atom stereocenters. The van der Waals surface area contributed by atoms with Crippen molar-refractivity contribution in [2.45, 2.75) is 84.2 Å². The van der Waals surface area contributed by atoms with E-state index in [9.17, 15) is 14.4 Å². The number of unbranched alkanes of at least 4 members (excludes halogenated alkanes) is 7. The van der Waals surface area contributed by atoms with Gasteiger partial charge in [0, 0.05) is 13.3 Å². The number of allylic oxidation sites excluding steroid dienone is 1. The molecule has 0 saturated carbocycles. The van der Waals surface area contributed by atoms with Gasteiger partial charge in [-0.2, -0.15) is 0 Å². The molecule has 126 valence electrons. The largest absolute Gasteiger partial charge is 0.454 e. The Balaban J connectivity index is 3.89. The standard InChI is InChI=1S/C18H30O4/c1-3-4-5-6-7-8-9-10-11-13-17(21)18(14-12-15-19)22-16(2)20/h11,13,15,18H,3-10,12,14H2,1-2H3/b13-11-/t18-/m1/s1. The van der Waals surface area contributed by atoms with Gasteiger partial charge >= 0.3 is 5.97 Å². The van der Waals surface area contributed by atoms with Crippen LogP contribution in [0.15, 0.2) is 12.2 Å². The highest BCUT2D eigenvalue weighted by molar-refractivity contribution is 5.94. The van der Waals surface area contributed by atoms with E-state index in [1.54, 1.807) is 0 Å². The number of rotatable bonds is 14. The van der Waals surface area contributed by atoms with Crippen molar-refractivity contribution in [1.29, 1.82) is 0 Å². The first-order valence-corrected chi connectivity index (χ1v) is 8.43. The third-order valence-corrected chi connectivity index (χ3v) is 3.43. The van der Waals surface area contributed by atoms with Gasteiger partial charge in [0.2, 0.25) is 0 Å². The fourth-order valence-corrected chi connectivity index (χ4v) is 2.21. The monoisotopic (exact) mass is 310 g/mol. The predicted octanol–water partition coefficient (Wildman–Crippen LogP) is 4.16. The van der Waals surface area contributed by atoms with Gasteiger partial charge in [-0.25, -0.2) is 0 Å². The second kappa shape index (κ2) is 14.5. The lowest BCUT2D eigenvalue weighted by molar-refractivity contribution is -0.152. The highest BCUT2D eigenvalue weighted by Crippen LogP contribution is 2.09. The zero-order valence-electron chi connectivity index (χ0n) is 14.0. The fraction of sp³-hybridized carbons (Fsp3) is 0.722. The topological polar surface area (TPSA) is 60.4 Å². The summed E-state index contributed by atoms with van der Waals surface area (Å²) in [6.07, 6.45) is 13.2. The first kappa shape index (κ1) is 20.6. The van der Waals surface area contributed by atoms with Gasteiger partial charge in [-0.05, 0) is 25.3 Å². The highest BCUT2D eigenvalue weighted by atomic mass is 16.5. The van der Waals surface area contributed by atoms with Crippen LogP contribution < -0.4 is 0 Å². The summed E-state index contributed by atoms with van der Waals surface area (Å²) in [6, 6.07) is 0. The van der Waals surface area contributed by atoms with Crippen LogP contribution in [-0.2, 0) is 19.1 Å². The minimum Gasteiger partial charge on any atom is -0.454 e. The van der Waals surface area contributed by atoms with E-state index >= 15 is 0 Å². The van der Waals surface area contributed by atoms with Crippen molar-refractivity contribution < 1.29 is 19.1 Å². The second-order valence-electron chi connectivity index (χ2n) is 5.56. The Morgan fingerprint density at radius 3 is 2.23 bits per heavy atom. The van der Waals surface area contributed by atoms with Crippen LogP contribution in [0, 0.1) is 0 Å². The molecular weight excluding hydrogens is 280 g/mol. The third kappa shape index (κ3) is 12.3. The highest BCUT2D eigenvalue weighted by Gasteiger charge is 2.18. The number of hydrogen-bond acceptors (Lipinski definition) is 4. The number of ether oxygens (including phenoxy) is 1. The van der Waals surface area contributed by atoms with Crippen LogP contribution in [0.25, 0.3) is 0 Å². The Labute approximate surface area is 134 Å². The first-order valence-electron chi connectivity index (χ1n) is 8.43.